The fourth-order valence-corrected chi connectivity index (χ4v) is 2.51. The smallest absolute Gasteiger partial charge is 0.338 e. The zero-order valence-electron chi connectivity index (χ0n) is 15.1. The summed E-state index contributed by atoms with van der Waals surface area (Å²) >= 11 is 0. The quantitative estimate of drug-likeness (QED) is 0.643. The first kappa shape index (κ1) is 19.1. The first-order valence-electron chi connectivity index (χ1n) is 8.53. The third-order valence-corrected chi connectivity index (χ3v) is 4.02. The Balaban J connectivity index is 1.65. The first-order valence-corrected chi connectivity index (χ1v) is 8.53. The number of carbonyl (C=O) groups is 2. The molecule has 142 valence electrons. The molecule has 3 aromatic carbocycles. The second-order valence-electron chi connectivity index (χ2n) is 5.93. The maximum absolute atomic E-state index is 13.6. The molecule has 0 radical (unpaired) electrons. The number of halogens is 1. The molecule has 1 N–H and O–H groups in total. The zero-order chi connectivity index (χ0) is 19.9. The summed E-state index contributed by atoms with van der Waals surface area (Å²) < 4.78 is 23.8. The molecule has 0 bridgehead atoms. The minimum Gasteiger partial charge on any atom is -0.497 e. The van der Waals surface area contributed by atoms with Crippen LogP contribution in [-0.4, -0.2) is 19.0 Å². The number of hydrogen-bond donors (Lipinski definition) is 1. The summed E-state index contributed by atoms with van der Waals surface area (Å²) in [5.41, 5.74) is 1.44. The molecule has 0 aliphatic rings. The van der Waals surface area contributed by atoms with E-state index in [1.807, 2.05) is 0 Å². The monoisotopic (exact) mass is 379 g/mol. The summed E-state index contributed by atoms with van der Waals surface area (Å²) in [6, 6.07) is 19.1. The number of benzene rings is 3. The van der Waals surface area contributed by atoms with Crippen LogP contribution in [0.2, 0.25) is 0 Å². The van der Waals surface area contributed by atoms with Crippen molar-refractivity contribution in [2.75, 3.05) is 12.4 Å². The number of anilines is 1. The Morgan fingerprint density at radius 1 is 0.929 bits per heavy atom. The van der Waals surface area contributed by atoms with Crippen molar-refractivity contribution < 1.29 is 23.5 Å². The van der Waals surface area contributed by atoms with Crippen LogP contribution < -0.4 is 10.1 Å². The average Bonchev–Trinajstić information content (AvgIpc) is 2.73. The lowest BCUT2D eigenvalue weighted by Gasteiger charge is -2.09. The fraction of sp³-hybridized carbons (Fsp3) is 0.0909. The Hall–Kier alpha value is -3.67. The number of hydrogen-bond acceptors (Lipinski definition) is 4. The molecule has 28 heavy (non-hydrogen) atoms. The van der Waals surface area contributed by atoms with E-state index in [1.54, 1.807) is 67.8 Å². The van der Waals surface area contributed by atoms with Gasteiger partial charge in [0.15, 0.2) is 0 Å². The van der Waals surface area contributed by atoms with Crippen LogP contribution in [0.4, 0.5) is 10.1 Å². The number of methoxy groups -OCH3 is 1. The summed E-state index contributed by atoms with van der Waals surface area (Å²) in [7, 11) is 1.55. The van der Waals surface area contributed by atoms with Crippen LogP contribution >= 0.6 is 0 Å². The van der Waals surface area contributed by atoms with E-state index >= 15 is 0 Å². The molecule has 0 atom stereocenters. The predicted molar refractivity (Wildman–Crippen MR) is 103 cm³/mol. The maximum Gasteiger partial charge on any atom is 0.338 e. The molecule has 0 heterocycles. The van der Waals surface area contributed by atoms with Gasteiger partial charge in [-0.25, -0.2) is 9.18 Å². The lowest BCUT2D eigenvalue weighted by molar-refractivity contribution is 0.0469. The Labute approximate surface area is 161 Å². The number of rotatable bonds is 6. The van der Waals surface area contributed by atoms with Crippen LogP contribution in [0.15, 0.2) is 72.8 Å². The molecule has 5 nitrogen and oxygen atoms in total. The van der Waals surface area contributed by atoms with Gasteiger partial charge in [-0.15, -0.1) is 0 Å². The van der Waals surface area contributed by atoms with Crippen LogP contribution in [0.5, 0.6) is 5.75 Å². The number of amides is 1. The molecule has 6 heteroatoms. The molecule has 0 saturated heterocycles. The lowest BCUT2D eigenvalue weighted by atomic mass is 10.1. The highest BCUT2D eigenvalue weighted by molar-refractivity contribution is 6.04. The number of carbonyl (C=O) groups excluding carboxylic acids is 2. The normalized spacial score (nSPS) is 10.2. The van der Waals surface area contributed by atoms with Crippen molar-refractivity contribution in [3.63, 3.8) is 0 Å². The minimum absolute atomic E-state index is 0.173. The van der Waals surface area contributed by atoms with E-state index in [0.717, 1.165) is 0 Å². The van der Waals surface area contributed by atoms with Crippen LogP contribution in [0, 0.1) is 5.82 Å². The Morgan fingerprint density at radius 3 is 2.39 bits per heavy atom. The minimum atomic E-state index is -0.608. The molecule has 3 aromatic rings. The lowest BCUT2D eigenvalue weighted by Crippen LogP contribution is -2.13. The summed E-state index contributed by atoms with van der Waals surface area (Å²) in [5, 5.41) is 2.73. The van der Waals surface area contributed by atoms with E-state index in [4.69, 9.17) is 9.47 Å². The number of ether oxygens (including phenoxy) is 2. The van der Waals surface area contributed by atoms with Crippen LogP contribution in [0.1, 0.15) is 26.3 Å². The molecule has 0 unspecified atom stereocenters. The fourth-order valence-electron chi connectivity index (χ4n) is 2.51. The third-order valence-electron chi connectivity index (χ3n) is 4.02. The van der Waals surface area contributed by atoms with Gasteiger partial charge in [0.05, 0.1) is 12.7 Å². The van der Waals surface area contributed by atoms with Gasteiger partial charge in [0, 0.05) is 16.8 Å². The van der Waals surface area contributed by atoms with Gasteiger partial charge in [-0.2, -0.15) is 0 Å². The summed E-state index contributed by atoms with van der Waals surface area (Å²) in [5.74, 6) is -0.713. The Bertz CT molecular complexity index is 986. The SMILES string of the molecule is COc1ccc(C(=O)Nc2cccc(C(=O)OCc3ccccc3F)c2)cc1. The van der Waals surface area contributed by atoms with E-state index in [-0.39, 0.29) is 18.1 Å². The van der Waals surface area contributed by atoms with Crippen LogP contribution in [-0.2, 0) is 11.3 Å². The second kappa shape index (κ2) is 8.81. The summed E-state index contributed by atoms with van der Waals surface area (Å²) in [6.45, 7) is -0.173. The van der Waals surface area contributed by atoms with Crippen molar-refractivity contribution in [3.05, 3.63) is 95.3 Å². The van der Waals surface area contributed by atoms with Crippen molar-refractivity contribution in [1.29, 1.82) is 0 Å². The van der Waals surface area contributed by atoms with Gasteiger partial charge in [-0.3, -0.25) is 4.79 Å². The summed E-state index contributed by atoms with van der Waals surface area (Å²) in [6.07, 6.45) is 0. The number of esters is 1. The van der Waals surface area contributed by atoms with Crippen LogP contribution in [0.3, 0.4) is 0 Å². The van der Waals surface area contributed by atoms with Crippen molar-refractivity contribution in [1.82, 2.24) is 0 Å². The molecule has 0 saturated carbocycles. The van der Waals surface area contributed by atoms with Crippen molar-refractivity contribution in [2.45, 2.75) is 6.61 Å². The molecule has 0 spiro atoms. The molecule has 3 rings (SSSR count). The molecule has 1 amide bonds. The second-order valence-corrected chi connectivity index (χ2v) is 5.93. The topological polar surface area (TPSA) is 64.6 Å². The molecule has 0 fully saturated rings. The largest absolute Gasteiger partial charge is 0.497 e. The molecule has 0 aromatic heterocycles. The van der Waals surface area contributed by atoms with Gasteiger partial charge in [0.25, 0.3) is 5.91 Å². The van der Waals surface area contributed by atoms with Gasteiger partial charge < -0.3 is 14.8 Å². The van der Waals surface area contributed by atoms with E-state index in [2.05, 4.69) is 5.32 Å². The van der Waals surface area contributed by atoms with E-state index < -0.39 is 11.8 Å². The zero-order valence-corrected chi connectivity index (χ0v) is 15.1. The molecule has 0 aliphatic heterocycles. The van der Waals surface area contributed by atoms with E-state index in [0.29, 0.717) is 22.6 Å². The Morgan fingerprint density at radius 2 is 1.68 bits per heavy atom. The highest BCUT2D eigenvalue weighted by Gasteiger charge is 2.12. The van der Waals surface area contributed by atoms with Crippen molar-refractivity contribution >= 4 is 17.6 Å². The average molecular weight is 379 g/mol. The molecular weight excluding hydrogens is 361 g/mol. The number of nitrogens with one attached hydrogen (secondary N) is 1. The standard InChI is InChI=1S/C22H18FNO4/c1-27-19-11-9-15(10-12-19)21(25)24-18-7-4-6-16(13-18)22(26)28-14-17-5-2-3-8-20(17)23/h2-13H,14H2,1H3,(H,24,25). The van der Waals surface area contributed by atoms with Gasteiger partial charge in [0.2, 0.25) is 0 Å². The van der Waals surface area contributed by atoms with Crippen molar-refractivity contribution in [2.24, 2.45) is 0 Å². The third kappa shape index (κ3) is 4.73. The first-order chi connectivity index (χ1) is 13.6. The Kier molecular flexibility index (Phi) is 6.01. The van der Waals surface area contributed by atoms with Crippen LogP contribution in [0.25, 0.3) is 0 Å². The van der Waals surface area contributed by atoms with E-state index in [1.165, 1.54) is 12.1 Å². The molecule has 0 aliphatic carbocycles. The highest BCUT2D eigenvalue weighted by atomic mass is 19.1. The highest BCUT2D eigenvalue weighted by Crippen LogP contribution is 2.16. The predicted octanol–water partition coefficient (Wildman–Crippen LogP) is 4.44. The molecular formula is C22H18FNO4. The van der Waals surface area contributed by atoms with Gasteiger partial charge in [-0.1, -0.05) is 24.3 Å². The van der Waals surface area contributed by atoms with Gasteiger partial charge >= 0.3 is 5.97 Å². The maximum atomic E-state index is 13.6. The summed E-state index contributed by atoms with van der Waals surface area (Å²) in [4.78, 5) is 24.6. The van der Waals surface area contributed by atoms with Gasteiger partial charge in [0.1, 0.15) is 18.2 Å². The van der Waals surface area contributed by atoms with Gasteiger partial charge in [-0.05, 0) is 48.5 Å². The van der Waals surface area contributed by atoms with Crippen molar-refractivity contribution in [3.8, 4) is 5.75 Å². The van der Waals surface area contributed by atoms with E-state index in [9.17, 15) is 14.0 Å².